The third kappa shape index (κ3) is 3.86. The van der Waals surface area contributed by atoms with E-state index in [0.717, 1.165) is 57.4 Å². The van der Waals surface area contributed by atoms with E-state index < -0.39 is 0 Å². The summed E-state index contributed by atoms with van der Waals surface area (Å²) in [6.45, 7) is 2.43. The zero-order chi connectivity index (χ0) is 18.6. The molecule has 7 nitrogen and oxygen atoms in total. The first-order chi connectivity index (χ1) is 13.2. The molecule has 1 aromatic carbocycles. The second-order valence-electron chi connectivity index (χ2n) is 7.34. The molecule has 2 amide bonds. The van der Waals surface area contributed by atoms with Crippen LogP contribution in [0.1, 0.15) is 48.9 Å². The van der Waals surface area contributed by atoms with Gasteiger partial charge in [-0.3, -0.25) is 14.2 Å². The first-order valence-electron chi connectivity index (χ1n) is 9.76. The largest absolute Gasteiger partial charge is 0.343 e. The molecule has 7 heteroatoms. The van der Waals surface area contributed by atoms with E-state index in [1.165, 1.54) is 0 Å². The minimum absolute atomic E-state index is 0.0859. The SMILES string of the molecule is O=C1CCCN1CCC1CCCCN1C(=O)c1ccc(-n2cnnc2)cc1. The van der Waals surface area contributed by atoms with E-state index >= 15 is 0 Å². The van der Waals surface area contributed by atoms with Gasteiger partial charge in [0.05, 0.1) is 0 Å². The van der Waals surface area contributed by atoms with Crippen LogP contribution in [0.25, 0.3) is 5.69 Å². The van der Waals surface area contributed by atoms with E-state index in [0.29, 0.717) is 12.0 Å². The lowest BCUT2D eigenvalue weighted by Crippen LogP contribution is -2.45. The lowest BCUT2D eigenvalue weighted by Gasteiger charge is -2.36. The van der Waals surface area contributed by atoms with Crippen molar-refractivity contribution in [3.05, 3.63) is 42.5 Å². The fraction of sp³-hybridized carbons (Fsp3) is 0.500. The molecule has 27 heavy (non-hydrogen) atoms. The van der Waals surface area contributed by atoms with Gasteiger partial charge in [-0.1, -0.05) is 0 Å². The Morgan fingerprint density at radius 2 is 1.81 bits per heavy atom. The molecule has 1 unspecified atom stereocenters. The maximum absolute atomic E-state index is 13.1. The van der Waals surface area contributed by atoms with Crippen molar-refractivity contribution in [3.8, 4) is 5.69 Å². The Kier molecular flexibility index (Phi) is 5.18. The van der Waals surface area contributed by atoms with Crippen molar-refractivity contribution in [1.82, 2.24) is 24.6 Å². The zero-order valence-corrected chi connectivity index (χ0v) is 15.5. The summed E-state index contributed by atoms with van der Waals surface area (Å²) in [7, 11) is 0. The predicted octanol–water partition coefficient (Wildman–Crippen LogP) is 2.27. The molecule has 142 valence electrons. The van der Waals surface area contributed by atoms with Gasteiger partial charge in [-0.15, -0.1) is 10.2 Å². The minimum atomic E-state index is 0.0859. The van der Waals surface area contributed by atoms with Crippen molar-refractivity contribution < 1.29 is 9.59 Å². The second kappa shape index (κ2) is 7.90. The number of piperidine rings is 1. The van der Waals surface area contributed by atoms with Crippen LogP contribution in [0.4, 0.5) is 0 Å². The van der Waals surface area contributed by atoms with Gasteiger partial charge in [0.1, 0.15) is 12.7 Å². The van der Waals surface area contributed by atoms with Gasteiger partial charge in [0.25, 0.3) is 5.91 Å². The van der Waals surface area contributed by atoms with E-state index in [1.54, 1.807) is 12.7 Å². The van der Waals surface area contributed by atoms with Gasteiger partial charge < -0.3 is 9.80 Å². The number of amides is 2. The number of carbonyl (C=O) groups excluding carboxylic acids is 2. The lowest BCUT2D eigenvalue weighted by molar-refractivity contribution is -0.127. The summed E-state index contributed by atoms with van der Waals surface area (Å²) in [5.41, 5.74) is 1.63. The van der Waals surface area contributed by atoms with Crippen LogP contribution in [-0.2, 0) is 4.79 Å². The average molecular weight is 367 g/mol. The van der Waals surface area contributed by atoms with E-state index in [9.17, 15) is 9.59 Å². The van der Waals surface area contributed by atoms with Crippen LogP contribution in [0.3, 0.4) is 0 Å². The van der Waals surface area contributed by atoms with Gasteiger partial charge in [0.15, 0.2) is 0 Å². The zero-order valence-electron chi connectivity index (χ0n) is 15.5. The van der Waals surface area contributed by atoms with Crippen LogP contribution in [-0.4, -0.2) is 62.1 Å². The number of carbonyl (C=O) groups is 2. The normalized spacial score (nSPS) is 20.3. The number of likely N-dealkylation sites (tertiary alicyclic amines) is 2. The number of nitrogens with zero attached hydrogens (tertiary/aromatic N) is 5. The summed E-state index contributed by atoms with van der Waals surface area (Å²) in [5.74, 6) is 0.344. The highest BCUT2D eigenvalue weighted by Gasteiger charge is 2.29. The molecule has 1 atom stereocenters. The summed E-state index contributed by atoms with van der Waals surface area (Å²) in [4.78, 5) is 28.9. The molecule has 3 heterocycles. The summed E-state index contributed by atoms with van der Waals surface area (Å²) in [6.07, 6.45) is 8.99. The standard InChI is InChI=1S/C20H25N5O2/c26-19-5-3-11-23(19)13-10-18-4-1-2-12-25(18)20(27)16-6-8-17(9-7-16)24-14-21-22-15-24/h6-9,14-15,18H,1-5,10-13H2. The first-order valence-corrected chi connectivity index (χ1v) is 9.76. The maximum atomic E-state index is 13.1. The van der Waals surface area contributed by atoms with E-state index in [1.807, 2.05) is 38.6 Å². The van der Waals surface area contributed by atoms with Crippen LogP contribution in [0, 0.1) is 0 Å². The van der Waals surface area contributed by atoms with Crippen molar-refractivity contribution in [2.24, 2.45) is 0 Å². The highest BCUT2D eigenvalue weighted by molar-refractivity contribution is 5.94. The molecule has 2 aliphatic rings. The van der Waals surface area contributed by atoms with Crippen molar-refractivity contribution >= 4 is 11.8 Å². The smallest absolute Gasteiger partial charge is 0.254 e. The van der Waals surface area contributed by atoms with Gasteiger partial charge in [0.2, 0.25) is 5.91 Å². The van der Waals surface area contributed by atoms with Gasteiger partial charge in [-0.25, -0.2) is 0 Å². The molecule has 0 N–H and O–H groups in total. The Labute approximate surface area is 159 Å². The van der Waals surface area contributed by atoms with Gasteiger partial charge in [-0.2, -0.15) is 0 Å². The Morgan fingerprint density at radius 3 is 2.52 bits per heavy atom. The van der Waals surface area contributed by atoms with Crippen LogP contribution < -0.4 is 0 Å². The van der Waals surface area contributed by atoms with E-state index in [2.05, 4.69) is 10.2 Å². The van der Waals surface area contributed by atoms with Gasteiger partial charge in [-0.05, 0) is 56.4 Å². The van der Waals surface area contributed by atoms with Crippen LogP contribution in [0.2, 0.25) is 0 Å². The number of hydrogen-bond donors (Lipinski definition) is 0. The molecule has 0 radical (unpaired) electrons. The first kappa shape index (κ1) is 17.7. The average Bonchev–Trinajstić information content (AvgIpc) is 3.38. The van der Waals surface area contributed by atoms with Crippen LogP contribution in [0.5, 0.6) is 0 Å². The summed E-state index contributed by atoms with van der Waals surface area (Å²) < 4.78 is 1.81. The molecule has 2 aromatic rings. The van der Waals surface area contributed by atoms with Gasteiger partial charge >= 0.3 is 0 Å². The lowest BCUT2D eigenvalue weighted by atomic mass is 9.98. The molecule has 0 aliphatic carbocycles. The van der Waals surface area contributed by atoms with Crippen molar-refractivity contribution in [2.45, 2.75) is 44.6 Å². The number of aromatic nitrogens is 3. The molecule has 0 saturated carbocycles. The van der Waals surface area contributed by atoms with Crippen molar-refractivity contribution in [3.63, 3.8) is 0 Å². The van der Waals surface area contributed by atoms with Crippen molar-refractivity contribution in [1.29, 1.82) is 0 Å². The second-order valence-corrected chi connectivity index (χ2v) is 7.34. The third-order valence-corrected chi connectivity index (χ3v) is 5.62. The Hall–Kier alpha value is -2.70. The molecule has 1 aromatic heterocycles. The Bertz CT molecular complexity index is 787. The fourth-order valence-electron chi connectivity index (χ4n) is 4.09. The number of rotatable bonds is 5. The van der Waals surface area contributed by atoms with E-state index in [4.69, 9.17) is 0 Å². The number of hydrogen-bond acceptors (Lipinski definition) is 4. The Balaban J connectivity index is 1.43. The quantitative estimate of drug-likeness (QED) is 0.813. The monoisotopic (exact) mass is 367 g/mol. The predicted molar refractivity (Wildman–Crippen MR) is 100 cm³/mol. The molecular formula is C20H25N5O2. The Morgan fingerprint density at radius 1 is 1.04 bits per heavy atom. The summed E-state index contributed by atoms with van der Waals surface area (Å²) >= 11 is 0. The molecule has 4 rings (SSSR count). The fourth-order valence-corrected chi connectivity index (χ4v) is 4.09. The molecule has 0 spiro atoms. The summed E-state index contributed by atoms with van der Waals surface area (Å²) in [6, 6.07) is 7.79. The molecular weight excluding hydrogens is 342 g/mol. The van der Waals surface area contributed by atoms with E-state index in [-0.39, 0.29) is 17.9 Å². The van der Waals surface area contributed by atoms with Crippen LogP contribution in [0.15, 0.2) is 36.9 Å². The molecule has 2 saturated heterocycles. The highest BCUT2D eigenvalue weighted by atomic mass is 16.2. The minimum Gasteiger partial charge on any atom is -0.343 e. The molecule has 0 bridgehead atoms. The topological polar surface area (TPSA) is 71.3 Å². The van der Waals surface area contributed by atoms with Crippen molar-refractivity contribution in [2.75, 3.05) is 19.6 Å². The molecule has 2 fully saturated rings. The number of benzene rings is 1. The molecule has 2 aliphatic heterocycles. The highest BCUT2D eigenvalue weighted by Crippen LogP contribution is 2.23. The van der Waals surface area contributed by atoms with Crippen LogP contribution >= 0.6 is 0 Å². The van der Waals surface area contributed by atoms with Gasteiger partial charge in [0, 0.05) is 43.3 Å². The summed E-state index contributed by atoms with van der Waals surface area (Å²) in [5, 5.41) is 7.62. The maximum Gasteiger partial charge on any atom is 0.254 e. The third-order valence-electron chi connectivity index (χ3n) is 5.62.